The van der Waals surface area contributed by atoms with Crippen molar-refractivity contribution >= 4 is 27.6 Å². The SMILES string of the molecule is CCc1cccc2cc(CC)n(C3CC3)c(=N)c12.Nc1ncnc2[nH]cc(C3CN3)c12. The minimum atomic E-state index is 0.432. The second-order valence-corrected chi connectivity index (χ2v) is 8.36. The Bertz CT molecular complexity index is 1310. The molecule has 1 atom stereocenters. The van der Waals surface area contributed by atoms with Gasteiger partial charge in [0.15, 0.2) is 0 Å². The van der Waals surface area contributed by atoms with Crippen LogP contribution in [0, 0.1) is 5.41 Å². The number of nitrogens with zero attached hydrogens (tertiary/aromatic N) is 3. The summed E-state index contributed by atoms with van der Waals surface area (Å²) < 4.78 is 2.27. The lowest BCUT2D eigenvalue weighted by atomic mass is 10.0. The molecular formula is C24H29N7. The molecule has 0 spiro atoms. The van der Waals surface area contributed by atoms with Crippen LogP contribution in [0.3, 0.4) is 0 Å². The lowest BCUT2D eigenvalue weighted by Gasteiger charge is -2.15. The highest BCUT2D eigenvalue weighted by atomic mass is 15.1. The Morgan fingerprint density at radius 1 is 1.16 bits per heavy atom. The van der Waals surface area contributed by atoms with Gasteiger partial charge in [-0.2, -0.15) is 0 Å². The number of rotatable bonds is 4. The number of benzene rings is 1. The molecule has 1 saturated carbocycles. The van der Waals surface area contributed by atoms with E-state index in [-0.39, 0.29) is 0 Å². The van der Waals surface area contributed by atoms with Gasteiger partial charge in [-0.15, -0.1) is 0 Å². The highest BCUT2D eigenvalue weighted by Gasteiger charge is 2.27. The average molecular weight is 416 g/mol. The largest absolute Gasteiger partial charge is 0.383 e. The third-order valence-corrected chi connectivity index (χ3v) is 6.26. The van der Waals surface area contributed by atoms with E-state index in [0.717, 1.165) is 41.3 Å². The van der Waals surface area contributed by atoms with E-state index >= 15 is 0 Å². The summed E-state index contributed by atoms with van der Waals surface area (Å²) in [6.45, 7) is 5.37. The number of aryl methyl sites for hydroxylation is 2. The molecule has 0 bridgehead atoms. The topological polar surface area (TPSA) is 118 Å². The molecule has 2 fully saturated rings. The Hall–Kier alpha value is -3.19. The molecule has 160 valence electrons. The van der Waals surface area contributed by atoms with Gasteiger partial charge in [0.25, 0.3) is 0 Å². The smallest absolute Gasteiger partial charge is 0.143 e. The van der Waals surface area contributed by atoms with E-state index in [9.17, 15) is 0 Å². The Balaban J connectivity index is 0.000000138. The van der Waals surface area contributed by atoms with Crippen LogP contribution in [0.1, 0.15) is 55.6 Å². The van der Waals surface area contributed by atoms with Crippen LogP contribution in [0.5, 0.6) is 0 Å². The summed E-state index contributed by atoms with van der Waals surface area (Å²) in [5.41, 5.74) is 11.1. The average Bonchev–Trinajstić information content (AvgIpc) is 3.72. The predicted octanol–water partition coefficient (Wildman–Crippen LogP) is 3.76. The molecule has 0 amide bonds. The second kappa shape index (κ2) is 7.81. The standard InChI is InChI=1S/C16H20N2.C8H9N5/c1-3-11-6-5-7-12-10-13(4-2)18(14-8-9-14)16(17)15(11)12;9-7-6-4(5-2-10-5)1-11-8(6)13-3-12-7/h5-7,10,14,17H,3-4,8-9H2,1-2H3;1,3,5,10H,2H2,(H3,9,11,12,13). The molecule has 31 heavy (non-hydrogen) atoms. The van der Waals surface area contributed by atoms with E-state index in [1.165, 1.54) is 41.4 Å². The maximum absolute atomic E-state index is 8.56. The molecule has 4 aromatic rings. The Morgan fingerprint density at radius 3 is 2.65 bits per heavy atom. The lowest BCUT2D eigenvalue weighted by molar-refractivity contribution is 0.651. The molecule has 7 heteroatoms. The van der Waals surface area contributed by atoms with E-state index in [4.69, 9.17) is 11.1 Å². The number of nitrogens with one attached hydrogen (secondary N) is 3. The maximum Gasteiger partial charge on any atom is 0.143 e. The van der Waals surface area contributed by atoms with Gasteiger partial charge >= 0.3 is 0 Å². The fourth-order valence-corrected chi connectivity index (χ4v) is 4.42. The fourth-order valence-electron chi connectivity index (χ4n) is 4.42. The number of nitrogens with two attached hydrogens (primary N) is 1. The lowest BCUT2D eigenvalue weighted by Crippen LogP contribution is -2.23. The predicted molar refractivity (Wildman–Crippen MR) is 124 cm³/mol. The van der Waals surface area contributed by atoms with E-state index < -0.39 is 0 Å². The summed E-state index contributed by atoms with van der Waals surface area (Å²) in [5.74, 6) is 0.551. The van der Waals surface area contributed by atoms with Gasteiger partial charge in [0.05, 0.1) is 5.39 Å². The number of hydrogen-bond donors (Lipinski definition) is 4. The van der Waals surface area contributed by atoms with Gasteiger partial charge < -0.3 is 20.6 Å². The Morgan fingerprint density at radius 2 is 1.97 bits per heavy atom. The molecule has 5 N–H and O–H groups in total. The molecule has 3 aromatic heterocycles. The number of anilines is 1. The molecule has 0 radical (unpaired) electrons. The van der Waals surface area contributed by atoms with E-state index in [0.29, 0.717) is 17.9 Å². The minimum Gasteiger partial charge on any atom is -0.383 e. The van der Waals surface area contributed by atoms with Crippen LogP contribution in [-0.4, -0.2) is 26.1 Å². The number of fused-ring (bicyclic) bond motifs is 2. The number of pyridine rings is 1. The summed E-state index contributed by atoms with van der Waals surface area (Å²) >= 11 is 0. The normalized spacial score (nSPS) is 17.5. The van der Waals surface area contributed by atoms with Crippen LogP contribution in [-0.2, 0) is 12.8 Å². The van der Waals surface area contributed by atoms with Crippen LogP contribution < -0.4 is 16.5 Å². The molecule has 1 unspecified atom stereocenters. The summed E-state index contributed by atoms with van der Waals surface area (Å²) in [6.07, 6.45) is 7.90. The summed E-state index contributed by atoms with van der Waals surface area (Å²) in [7, 11) is 0. The highest BCUT2D eigenvalue weighted by molar-refractivity contribution is 5.90. The van der Waals surface area contributed by atoms with Gasteiger partial charge in [-0.3, -0.25) is 5.41 Å². The Labute approximate surface area is 181 Å². The van der Waals surface area contributed by atoms with Crippen molar-refractivity contribution in [3.05, 3.63) is 59.1 Å². The van der Waals surface area contributed by atoms with Crippen molar-refractivity contribution in [3.63, 3.8) is 0 Å². The monoisotopic (exact) mass is 415 g/mol. The third-order valence-electron chi connectivity index (χ3n) is 6.26. The fraction of sp³-hybridized carbons (Fsp3) is 0.375. The van der Waals surface area contributed by atoms with E-state index in [2.05, 4.69) is 62.9 Å². The molecule has 2 aliphatic rings. The zero-order valence-corrected chi connectivity index (χ0v) is 18.1. The number of hydrogen-bond acceptors (Lipinski definition) is 5. The first kappa shape index (κ1) is 19.8. The van der Waals surface area contributed by atoms with Gasteiger partial charge in [-0.1, -0.05) is 32.0 Å². The van der Waals surface area contributed by atoms with Crippen molar-refractivity contribution in [2.24, 2.45) is 0 Å². The first-order valence-corrected chi connectivity index (χ1v) is 11.1. The summed E-state index contributed by atoms with van der Waals surface area (Å²) in [5, 5.41) is 15.1. The van der Waals surface area contributed by atoms with Gasteiger partial charge in [0, 0.05) is 41.5 Å². The molecule has 1 aromatic carbocycles. The van der Waals surface area contributed by atoms with E-state index in [1.54, 1.807) is 0 Å². The van der Waals surface area contributed by atoms with Crippen molar-refractivity contribution in [3.8, 4) is 0 Å². The number of nitrogen functional groups attached to an aromatic ring is 1. The van der Waals surface area contributed by atoms with Crippen LogP contribution >= 0.6 is 0 Å². The zero-order chi connectivity index (χ0) is 21.5. The maximum atomic E-state index is 8.56. The minimum absolute atomic E-state index is 0.432. The van der Waals surface area contributed by atoms with E-state index in [1.807, 2.05) is 6.20 Å². The Kier molecular flexibility index (Phi) is 4.98. The molecular weight excluding hydrogens is 386 g/mol. The quantitative estimate of drug-likeness (QED) is 0.379. The first-order chi connectivity index (χ1) is 15.1. The van der Waals surface area contributed by atoms with Crippen LogP contribution in [0.25, 0.3) is 21.8 Å². The van der Waals surface area contributed by atoms with Gasteiger partial charge in [-0.05, 0) is 42.7 Å². The van der Waals surface area contributed by atoms with Crippen LogP contribution in [0.2, 0.25) is 0 Å². The van der Waals surface area contributed by atoms with Crippen molar-refractivity contribution in [2.45, 2.75) is 51.6 Å². The van der Waals surface area contributed by atoms with Gasteiger partial charge in [0.1, 0.15) is 23.3 Å². The third kappa shape index (κ3) is 3.59. The molecule has 1 aliphatic heterocycles. The van der Waals surface area contributed by atoms with Crippen molar-refractivity contribution in [2.75, 3.05) is 12.3 Å². The number of H-pyrrole nitrogens is 1. The van der Waals surface area contributed by atoms with Crippen molar-refractivity contribution < 1.29 is 0 Å². The molecule has 1 saturated heterocycles. The zero-order valence-electron chi connectivity index (χ0n) is 18.1. The number of aromatic nitrogens is 4. The summed E-state index contributed by atoms with van der Waals surface area (Å²) in [4.78, 5) is 11.1. The second-order valence-electron chi connectivity index (χ2n) is 8.36. The number of aromatic amines is 1. The highest BCUT2D eigenvalue weighted by Crippen LogP contribution is 2.35. The van der Waals surface area contributed by atoms with Crippen LogP contribution in [0.15, 0.2) is 36.8 Å². The van der Waals surface area contributed by atoms with Crippen molar-refractivity contribution in [1.82, 2.24) is 24.8 Å². The van der Waals surface area contributed by atoms with Gasteiger partial charge in [-0.25, -0.2) is 9.97 Å². The first-order valence-electron chi connectivity index (χ1n) is 11.1. The van der Waals surface area contributed by atoms with Crippen LogP contribution in [0.4, 0.5) is 5.82 Å². The van der Waals surface area contributed by atoms with Crippen molar-refractivity contribution in [1.29, 1.82) is 5.41 Å². The summed E-state index contributed by atoms with van der Waals surface area (Å²) in [6, 6.07) is 9.71. The molecule has 6 rings (SSSR count). The van der Waals surface area contributed by atoms with Gasteiger partial charge in [0.2, 0.25) is 0 Å². The molecule has 4 heterocycles. The molecule has 7 nitrogen and oxygen atoms in total. The molecule has 1 aliphatic carbocycles.